The molecule has 2 rings (SSSR count). The molecule has 1 unspecified atom stereocenters. The number of aromatic carboxylic acids is 1. The Morgan fingerprint density at radius 3 is 2.85 bits per heavy atom. The zero-order valence-corrected chi connectivity index (χ0v) is 16.6. The molecule has 0 bridgehead atoms. The zero-order chi connectivity index (χ0) is 14.7. The SMILES string of the molecule is COC([CH2][Hg+])Cc1cccc2cc(C(=O)O)c(=O)oc12. The van der Waals surface area contributed by atoms with Crippen LogP contribution >= 0.6 is 0 Å². The van der Waals surface area contributed by atoms with Gasteiger partial charge in [0.15, 0.2) is 0 Å². The van der Waals surface area contributed by atoms with Gasteiger partial charge in [0.2, 0.25) is 0 Å². The van der Waals surface area contributed by atoms with Crippen molar-refractivity contribution >= 4 is 16.9 Å². The zero-order valence-electron chi connectivity index (χ0n) is 11.1. The van der Waals surface area contributed by atoms with Crippen LogP contribution in [0.5, 0.6) is 0 Å². The number of hydrogen-bond acceptors (Lipinski definition) is 4. The molecule has 0 aliphatic rings. The molecule has 0 saturated heterocycles. The number of carboxylic acids is 1. The molecule has 20 heavy (non-hydrogen) atoms. The van der Waals surface area contributed by atoms with E-state index in [1.165, 1.54) is 6.07 Å². The number of carboxylic acid groups (broad SMARTS) is 1. The van der Waals surface area contributed by atoms with Crippen LogP contribution in [0.4, 0.5) is 0 Å². The summed E-state index contributed by atoms with van der Waals surface area (Å²) in [7, 11) is 1.67. The van der Waals surface area contributed by atoms with Crippen LogP contribution in [0.3, 0.4) is 0 Å². The second kappa shape index (κ2) is 6.50. The van der Waals surface area contributed by atoms with Gasteiger partial charge in [0.1, 0.15) is 0 Å². The van der Waals surface area contributed by atoms with Crippen molar-refractivity contribution in [1.29, 1.82) is 0 Å². The van der Waals surface area contributed by atoms with Gasteiger partial charge >= 0.3 is 131 Å². The van der Waals surface area contributed by atoms with Crippen molar-refractivity contribution in [3.63, 3.8) is 0 Å². The Morgan fingerprint density at radius 1 is 1.50 bits per heavy atom. The van der Waals surface area contributed by atoms with E-state index in [2.05, 4.69) is 0 Å². The predicted octanol–water partition coefficient (Wildman–Crippen LogP) is 2.01. The average molecular weight is 462 g/mol. The summed E-state index contributed by atoms with van der Waals surface area (Å²) >= 11 is 0.627. The molecular weight excluding hydrogens is 449 g/mol. The van der Waals surface area contributed by atoms with Crippen LogP contribution in [0.1, 0.15) is 15.9 Å². The van der Waals surface area contributed by atoms with E-state index in [4.69, 9.17) is 14.3 Å². The molecule has 2 aromatic rings. The van der Waals surface area contributed by atoms with Gasteiger partial charge in [0.25, 0.3) is 0 Å². The fourth-order valence-corrected chi connectivity index (χ4v) is 3.77. The molecule has 0 spiro atoms. The van der Waals surface area contributed by atoms with Gasteiger partial charge in [0, 0.05) is 0 Å². The van der Waals surface area contributed by atoms with Crippen molar-refractivity contribution in [2.75, 3.05) is 7.11 Å². The fourth-order valence-electron chi connectivity index (χ4n) is 2.06. The topological polar surface area (TPSA) is 76.7 Å². The summed E-state index contributed by atoms with van der Waals surface area (Å²) in [4.78, 5) is 22.6. The van der Waals surface area contributed by atoms with Crippen LogP contribution in [0, 0.1) is 0 Å². The van der Waals surface area contributed by atoms with E-state index in [9.17, 15) is 9.59 Å². The first-order chi connectivity index (χ1) is 9.56. The Hall–Kier alpha value is -1.20. The summed E-state index contributed by atoms with van der Waals surface area (Å²) in [5.74, 6) is -1.28. The van der Waals surface area contributed by atoms with Crippen molar-refractivity contribution in [2.24, 2.45) is 0 Å². The molecule has 0 radical (unpaired) electrons. The number of rotatable bonds is 5. The Kier molecular flexibility index (Phi) is 4.93. The number of fused-ring (bicyclic) bond motifs is 1. The number of methoxy groups -OCH3 is 1. The summed E-state index contributed by atoms with van der Waals surface area (Å²) in [5, 5.41) is 9.56. The van der Waals surface area contributed by atoms with Crippen molar-refractivity contribution < 1.29 is 45.2 Å². The molecule has 1 atom stereocenters. The molecule has 1 heterocycles. The third-order valence-electron chi connectivity index (χ3n) is 3.17. The van der Waals surface area contributed by atoms with Gasteiger partial charge in [-0.1, -0.05) is 0 Å². The summed E-state index contributed by atoms with van der Waals surface area (Å²) in [5.41, 5.74) is 0.157. The summed E-state index contributed by atoms with van der Waals surface area (Å²) in [6.45, 7) is 0. The molecular formula is C14H13HgO5+. The minimum absolute atomic E-state index is 0.119. The Balaban J connectivity index is 2.55. The second-order valence-corrected chi connectivity index (χ2v) is 6.68. The Morgan fingerprint density at radius 2 is 2.25 bits per heavy atom. The maximum absolute atomic E-state index is 11.7. The molecule has 1 aromatic heterocycles. The van der Waals surface area contributed by atoms with Gasteiger partial charge < -0.3 is 0 Å². The van der Waals surface area contributed by atoms with E-state index < -0.39 is 11.6 Å². The first kappa shape index (κ1) is 15.2. The van der Waals surface area contributed by atoms with Crippen LogP contribution in [0.15, 0.2) is 33.5 Å². The Bertz CT molecular complexity index is 688. The average Bonchev–Trinajstić information content (AvgIpc) is 2.44. The van der Waals surface area contributed by atoms with Crippen molar-refractivity contribution in [3.05, 3.63) is 45.8 Å². The van der Waals surface area contributed by atoms with Crippen LogP contribution in [0.2, 0.25) is 3.93 Å². The van der Waals surface area contributed by atoms with Gasteiger partial charge in [-0.25, -0.2) is 0 Å². The van der Waals surface area contributed by atoms with E-state index in [0.29, 0.717) is 43.5 Å². The van der Waals surface area contributed by atoms with Gasteiger partial charge in [0.05, 0.1) is 0 Å². The molecule has 6 heteroatoms. The molecule has 0 aliphatic carbocycles. The molecule has 0 saturated carbocycles. The monoisotopic (exact) mass is 463 g/mol. The number of hydrogen-bond donors (Lipinski definition) is 1. The minimum atomic E-state index is -1.28. The third-order valence-corrected chi connectivity index (χ3v) is 5.68. The van der Waals surface area contributed by atoms with E-state index in [1.807, 2.05) is 12.1 Å². The number of benzene rings is 1. The quantitative estimate of drug-likeness (QED) is 0.544. The molecule has 1 aromatic carbocycles. The number of ether oxygens (including phenoxy) is 1. The van der Waals surface area contributed by atoms with E-state index in [-0.39, 0.29) is 11.7 Å². The fraction of sp³-hybridized carbons (Fsp3) is 0.286. The summed E-state index contributed by atoms with van der Waals surface area (Å²) in [6, 6.07) is 6.80. The number of para-hydroxylation sites is 1. The molecule has 5 nitrogen and oxygen atoms in total. The molecule has 1 N–H and O–H groups in total. The van der Waals surface area contributed by atoms with Crippen molar-refractivity contribution in [1.82, 2.24) is 0 Å². The van der Waals surface area contributed by atoms with Crippen molar-refractivity contribution in [2.45, 2.75) is 16.5 Å². The van der Waals surface area contributed by atoms with Gasteiger partial charge in [-0.3, -0.25) is 0 Å². The van der Waals surface area contributed by atoms with Crippen LogP contribution in [-0.4, -0.2) is 24.3 Å². The van der Waals surface area contributed by atoms with Crippen LogP contribution < -0.4 is 5.63 Å². The van der Waals surface area contributed by atoms with E-state index in [0.717, 1.165) is 9.49 Å². The molecule has 0 amide bonds. The predicted molar refractivity (Wildman–Crippen MR) is 68.8 cm³/mol. The molecule has 0 fully saturated rings. The maximum atomic E-state index is 11.7. The standard InChI is InChI=1S/C14H13O5.Hg/c1-8(18-2)6-9-4-3-5-10-7-11(13(15)16)14(17)19-12(9)10;/h3-5,7-8H,1,6H2,2H3,(H,15,16);/q;+1. The third kappa shape index (κ3) is 3.09. The first-order valence-electron chi connectivity index (χ1n) is 6.18. The van der Waals surface area contributed by atoms with E-state index in [1.54, 1.807) is 13.2 Å². The Labute approximate surface area is 131 Å². The normalized spacial score (nSPS) is 12.6. The van der Waals surface area contributed by atoms with Gasteiger partial charge in [-0.05, 0) is 0 Å². The summed E-state index contributed by atoms with van der Waals surface area (Å²) in [6.07, 6.45) is 0.778. The van der Waals surface area contributed by atoms with Crippen LogP contribution in [0.25, 0.3) is 11.0 Å². The van der Waals surface area contributed by atoms with Gasteiger partial charge in [-0.2, -0.15) is 0 Å². The van der Waals surface area contributed by atoms with Gasteiger partial charge in [-0.15, -0.1) is 0 Å². The van der Waals surface area contributed by atoms with Crippen LogP contribution in [-0.2, 0) is 37.3 Å². The number of carbonyl (C=O) groups is 1. The molecule has 100 valence electrons. The molecule has 0 aliphatic heterocycles. The summed E-state index contributed by atoms with van der Waals surface area (Å²) < 4.78 is 11.6. The second-order valence-electron chi connectivity index (χ2n) is 4.44. The first-order valence-corrected chi connectivity index (χ1v) is 10.1. The van der Waals surface area contributed by atoms with Crippen molar-refractivity contribution in [3.8, 4) is 0 Å². The van der Waals surface area contributed by atoms with E-state index >= 15 is 0 Å².